The Morgan fingerprint density at radius 2 is 1.69 bits per heavy atom. The summed E-state index contributed by atoms with van der Waals surface area (Å²) in [6.07, 6.45) is 0. The van der Waals surface area contributed by atoms with E-state index >= 15 is 0 Å². The van der Waals surface area contributed by atoms with Crippen LogP contribution >= 0.6 is 0 Å². The van der Waals surface area contributed by atoms with Gasteiger partial charge in [-0.1, -0.05) is 42.5 Å². The van der Waals surface area contributed by atoms with Gasteiger partial charge in [0.2, 0.25) is 0 Å². The maximum Gasteiger partial charge on any atom is 0.137 e. The van der Waals surface area contributed by atoms with Gasteiger partial charge in [-0.15, -0.1) is 0 Å². The highest BCUT2D eigenvalue weighted by Crippen LogP contribution is 2.33. The van der Waals surface area contributed by atoms with E-state index in [1.54, 1.807) is 6.92 Å². The molecule has 29 heavy (non-hydrogen) atoms. The van der Waals surface area contributed by atoms with E-state index in [4.69, 9.17) is 0 Å². The average Bonchev–Trinajstić information content (AvgIpc) is 2.73. The fourth-order valence-electron chi connectivity index (χ4n) is 3.55. The summed E-state index contributed by atoms with van der Waals surface area (Å²) in [4.78, 5) is 18.3. The van der Waals surface area contributed by atoms with Gasteiger partial charge in [0, 0.05) is 29.2 Å². The van der Waals surface area contributed by atoms with E-state index in [1.165, 1.54) is 18.2 Å². The minimum absolute atomic E-state index is 0.0458. The molecule has 144 valence electrons. The van der Waals surface area contributed by atoms with E-state index in [1.807, 2.05) is 66.5 Å². The smallest absolute Gasteiger partial charge is 0.137 e. The van der Waals surface area contributed by atoms with Crippen LogP contribution < -0.4 is 10.0 Å². The SMILES string of the molecule is Cc1c(N(C)c2cccc(-c3ccccc3)c2)nc2ccc(F)cc2c1C(=O)[O-]. The number of rotatable bonds is 4. The van der Waals surface area contributed by atoms with E-state index in [2.05, 4.69) is 4.98 Å². The Kier molecular flexibility index (Phi) is 4.72. The first-order valence-electron chi connectivity index (χ1n) is 9.16. The van der Waals surface area contributed by atoms with Crippen LogP contribution in [0.25, 0.3) is 22.0 Å². The van der Waals surface area contributed by atoms with Crippen LogP contribution in [0.15, 0.2) is 72.8 Å². The van der Waals surface area contributed by atoms with Crippen LogP contribution in [0.2, 0.25) is 0 Å². The summed E-state index contributed by atoms with van der Waals surface area (Å²) in [7, 11) is 1.83. The molecule has 0 saturated carbocycles. The quantitative estimate of drug-likeness (QED) is 0.520. The Bertz CT molecular complexity index is 1220. The van der Waals surface area contributed by atoms with Gasteiger partial charge in [-0.05, 0) is 48.4 Å². The molecule has 0 aliphatic heterocycles. The molecule has 0 aliphatic carbocycles. The summed E-state index contributed by atoms with van der Waals surface area (Å²) >= 11 is 0. The summed E-state index contributed by atoms with van der Waals surface area (Å²) in [5.41, 5.74) is 3.75. The molecule has 0 radical (unpaired) electrons. The predicted octanol–water partition coefficient (Wildman–Crippen LogP) is 4.48. The third-order valence-electron chi connectivity index (χ3n) is 5.03. The number of carbonyl (C=O) groups is 1. The molecule has 0 saturated heterocycles. The van der Waals surface area contributed by atoms with Gasteiger partial charge in [0.05, 0.1) is 11.5 Å². The van der Waals surface area contributed by atoms with Crippen molar-refractivity contribution < 1.29 is 14.3 Å². The molecule has 0 unspecified atom stereocenters. The number of carbonyl (C=O) groups excluding carboxylic acids is 1. The van der Waals surface area contributed by atoms with Gasteiger partial charge in [-0.25, -0.2) is 9.37 Å². The number of fused-ring (bicyclic) bond motifs is 1. The van der Waals surface area contributed by atoms with Crippen molar-refractivity contribution in [3.8, 4) is 11.1 Å². The average molecular weight is 385 g/mol. The van der Waals surface area contributed by atoms with Crippen LogP contribution in [0.3, 0.4) is 0 Å². The van der Waals surface area contributed by atoms with Crippen LogP contribution in [0, 0.1) is 12.7 Å². The number of halogens is 1. The topological polar surface area (TPSA) is 56.3 Å². The van der Waals surface area contributed by atoms with Gasteiger partial charge < -0.3 is 14.8 Å². The lowest BCUT2D eigenvalue weighted by Gasteiger charge is -2.24. The predicted molar refractivity (Wildman–Crippen MR) is 111 cm³/mol. The number of anilines is 2. The van der Waals surface area contributed by atoms with Crippen LogP contribution in [0.1, 0.15) is 15.9 Å². The molecule has 3 aromatic carbocycles. The molecule has 1 heterocycles. The molecule has 1 aromatic heterocycles. The fourth-order valence-corrected chi connectivity index (χ4v) is 3.55. The molecule has 0 spiro atoms. The van der Waals surface area contributed by atoms with Crippen molar-refractivity contribution in [1.82, 2.24) is 4.98 Å². The highest BCUT2D eigenvalue weighted by atomic mass is 19.1. The Morgan fingerprint density at radius 1 is 0.966 bits per heavy atom. The zero-order valence-electron chi connectivity index (χ0n) is 16.0. The fraction of sp³-hybridized carbons (Fsp3) is 0.0833. The highest BCUT2D eigenvalue weighted by Gasteiger charge is 2.17. The monoisotopic (exact) mass is 385 g/mol. The number of pyridine rings is 1. The second-order valence-electron chi connectivity index (χ2n) is 6.86. The zero-order chi connectivity index (χ0) is 20.5. The third kappa shape index (κ3) is 3.43. The van der Waals surface area contributed by atoms with Crippen molar-refractivity contribution in [2.75, 3.05) is 11.9 Å². The van der Waals surface area contributed by atoms with E-state index < -0.39 is 11.8 Å². The highest BCUT2D eigenvalue weighted by molar-refractivity contribution is 6.04. The first-order valence-corrected chi connectivity index (χ1v) is 9.16. The van der Waals surface area contributed by atoms with Crippen molar-refractivity contribution in [2.24, 2.45) is 0 Å². The molecule has 4 rings (SSSR count). The largest absolute Gasteiger partial charge is 0.545 e. The van der Waals surface area contributed by atoms with Gasteiger partial charge in [-0.2, -0.15) is 0 Å². The van der Waals surface area contributed by atoms with E-state index in [9.17, 15) is 14.3 Å². The van der Waals surface area contributed by atoms with Gasteiger partial charge in [0.1, 0.15) is 11.6 Å². The van der Waals surface area contributed by atoms with Crippen molar-refractivity contribution >= 4 is 28.4 Å². The Labute approximate surface area is 167 Å². The molecule has 0 atom stereocenters. The lowest BCUT2D eigenvalue weighted by Crippen LogP contribution is -2.25. The molecule has 0 amide bonds. The van der Waals surface area contributed by atoms with Gasteiger partial charge in [0.15, 0.2) is 0 Å². The summed E-state index contributed by atoms with van der Waals surface area (Å²) < 4.78 is 13.7. The number of hydrogen-bond acceptors (Lipinski definition) is 4. The minimum atomic E-state index is -1.35. The Balaban J connectivity index is 1.86. The summed E-state index contributed by atoms with van der Waals surface area (Å²) in [5, 5.41) is 12.1. The van der Waals surface area contributed by atoms with Crippen LogP contribution in [0.5, 0.6) is 0 Å². The molecule has 0 aliphatic rings. The summed E-state index contributed by atoms with van der Waals surface area (Å²) in [5.74, 6) is -1.39. The first-order chi connectivity index (χ1) is 14.0. The lowest BCUT2D eigenvalue weighted by atomic mass is 10.0. The number of benzene rings is 3. The molecule has 0 fully saturated rings. The third-order valence-corrected chi connectivity index (χ3v) is 5.03. The molecular weight excluding hydrogens is 367 g/mol. The lowest BCUT2D eigenvalue weighted by molar-refractivity contribution is -0.254. The van der Waals surface area contributed by atoms with Gasteiger partial charge in [-0.3, -0.25) is 0 Å². The van der Waals surface area contributed by atoms with Crippen molar-refractivity contribution in [3.05, 3.63) is 89.7 Å². The first kappa shape index (κ1) is 18.6. The Hall–Kier alpha value is -3.73. The Morgan fingerprint density at radius 3 is 2.41 bits per heavy atom. The molecule has 4 nitrogen and oxygen atoms in total. The van der Waals surface area contributed by atoms with Crippen LogP contribution in [0.4, 0.5) is 15.9 Å². The number of hydrogen-bond donors (Lipinski definition) is 0. The second-order valence-corrected chi connectivity index (χ2v) is 6.86. The van der Waals surface area contributed by atoms with Gasteiger partial charge >= 0.3 is 0 Å². The molecular formula is C24H18FN2O2-. The van der Waals surface area contributed by atoms with E-state index in [0.29, 0.717) is 16.9 Å². The number of aromatic carboxylic acids is 1. The van der Waals surface area contributed by atoms with Crippen LogP contribution in [-0.2, 0) is 0 Å². The van der Waals surface area contributed by atoms with E-state index in [0.717, 1.165) is 16.8 Å². The minimum Gasteiger partial charge on any atom is -0.545 e. The molecule has 0 N–H and O–H groups in total. The van der Waals surface area contributed by atoms with Gasteiger partial charge in [0.25, 0.3) is 0 Å². The van der Waals surface area contributed by atoms with Crippen molar-refractivity contribution in [3.63, 3.8) is 0 Å². The molecule has 5 heteroatoms. The van der Waals surface area contributed by atoms with Crippen LogP contribution in [-0.4, -0.2) is 18.0 Å². The number of carboxylic acid groups (broad SMARTS) is 1. The number of carboxylic acids is 1. The molecule has 0 bridgehead atoms. The molecule has 4 aromatic rings. The number of nitrogens with zero attached hydrogens (tertiary/aromatic N) is 2. The van der Waals surface area contributed by atoms with Crippen molar-refractivity contribution in [1.29, 1.82) is 0 Å². The maximum atomic E-state index is 13.7. The summed E-state index contributed by atoms with van der Waals surface area (Å²) in [6, 6.07) is 21.8. The normalized spacial score (nSPS) is 10.9. The van der Waals surface area contributed by atoms with Crippen molar-refractivity contribution in [2.45, 2.75) is 6.92 Å². The maximum absolute atomic E-state index is 13.7. The zero-order valence-corrected chi connectivity index (χ0v) is 16.0. The standard InChI is InChI=1S/C24H19FN2O2/c1-15-22(24(28)29)20-14-18(25)11-12-21(20)26-23(15)27(2)19-10-6-9-17(13-19)16-7-4-3-5-8-16/h3-14H,1-2H3,(H,28,29)/p-1. The number of aromatic nitrogens is 1. The second kappa shape index (κ2) is 7.36. The summed E-state index contributed by atoms with van der Waals surface area (Å²) in [6.45, 7) is 1.66. The van der Waals surface area contributed by atoms with E-state index in [-0.39, 0.29) is 10.9 Å².